The summed E-state index contributed by atoms with van der Waals surface area (Å²) in [5.74, 6) is -0.0146. The Morgan fingerprint density at radius 3 is 2.47 bits per heavy atom. The van der Waals surface area contributed by atoms with Crippen LogP contribution in [0, 0.1) is 0 Å². The summed E-state index contributed by atoms with van der Waals surface area (Å²) in [6.45, 7) is 9.09. The Bertz CT molecular complexity index is 188. The molecule has 0 aliphatic rings. The predicted molar refractivity (Wildman–Crippen MR) is 61.7 cm³/mol. The van der Waals surface area contributed by atoms with Crippen LogP contribution in [-0.4, -0.2) is 35.7 Å². The van der Waals surface area contributed by atoms with Gasteiger partial charge in [0.1, 0.15) is 0 Å². The maximum atomic E-state index is 11.3. The first-order valence-electron chi connectivity index (χ1n) is 5.55. The normalized spacial score (nSPS) is 13.7. The monoisotopic (exact) mass is 216 g/mol. The molecule has 90 valence electrons. The zero-order valence-electron chi connectivity index (χ0n) is 10.3. The number of hydrogen-bond donors (Lipinski definition) is 3. The molecule has 0 aromatic carbocycles. The molecule has 0 spiro atoms. The van der Waals surface area contributed by atoms with Gasteiger partial charge in [0.15, 0.2) is 0 Å². The summed E-state index contributed by atoms with van der Waals surface area (Å²) in [5, 5.41) is 15.2. The number of aliphatic hydroxyl groups is 1. The van der Waals surface area contributed by atoms with E-state index < -0.39 is 6.10 Å². The Morgan fingerprint density at radius 1 is 1.40 bits per heavy atom. The maximum Gasteiger partial charge on any atom is 0.221 e. The smallest absolute Gasteiger partial charge is 0.221 e. The quantitative estimate of drug-likeness (QED) is 0.611. The van der Waals surface area contributed by atoms with Crippen LogP contribution in [0.1, 0.15) is 40.5 Å². The molecule has 4 nitrogen and oxygen atoms in total. The molecule has 0 aromatic heterocycles. The molecule has 1 atom stereocenters. The van der Waals surface area contributed by atoms with E-state index in [1.807, 2.05) is 6.92 Å². The van der Waals surface area contributed by atoms with E-state index in [1.54, 1.807) is 0 Å². The maximum absolute atomic E-state index is 11.3. The van der Waals surface area contributed by atoms with E-state index in [2.05, 4.69) is 31.4 Å². The van der Waals surface area contributed by atoms with Crippen molar-refractivity contribution in [2.24, 2.45) is 0 Å². The van der Waals surface area contributed by atoms with Gasteiger partial charge in [0.25, 0.3) is 0 Å². The van der Waals surface area contributed by atoms with Crippen molar-refractivity contribution in [2.45, 2.75) is 52.2 Å². The van der Waals surface area contributed by atoms with E-state index >= 15 is 0 Å². The second-order valence-electron chi connectivity index (χ2n) is 4.79. The molecule has 0 fully saturated rings. The van der Waals surface area contributed by atoms with Gasteiger partial charge >= 0.3 is 0 Å². The van der Waals surface area contributed by atoms with Crippen LogP contribution in [0.3, 0.4) is 0 Å². The molecule has 0 bridgehead atoms. The predicted octanol–water partition coefficient (Wildman–Crippen LogP) is 0.652. The van der Waals surface area contributed by atoms with E-state index in [0.717, 1.165) is 0 Å². The van der Waals surface area contributed by atoms with Crippen molar-refractivity contribution in [3.8, 4) is 0 Å². The van der Waals surface area contributed by atoms with Gasteiger partial charge in [0.2, 0.25) is 5.91 Å². The minimum absolute atomic E-state index is 0.0146. The lowest BCUT2D eigenvalue weighted by Crippen LogP contribution is -2.39. The zero-order chi connectivity index (χ0) is 11.9. The Morgan fingerprint density at radius 2 is 2.00 bits per heavy atom. The first-order valence-corrected chi connectivity index (χ1v) is 5.55. The van der Waals surface area contributed by atoms with Gasteiger partial charge in [0, 0.05) is 25.0 Å². The van der Waals surface area contributed by atoms with Crippen molar-refractivity contribution in [1.29, 1.82) is 0 Å². The van der Waals surface area contributed by atoms with Gasteiger partial charge in [-0.3, -0.25) is 4.79 Å². The number of nitrogens with one attached hydrogen (secondary N) is 2. The van der Waals surface area contributed by atoms with E-state index in [1.165, 1.54) is 0 Å². The van der Waals surface area contributed by atoms with Crippen LogP contribution in [0.25, 0.3) is 0 Å². The van der Waals surface area contributed by atoms with Gasteiger partial charge in [-0.05, 0) is 27.2 Å². The van der Waals surface area contributed by atoms with Crippen molar-refractivity contribution in [3.63, 3.8) is 0 Å². The molecule has 0 aliphatic carbocycles. The molecule has 3 N–H and O–H groups in total. The zero-order valence-corrected chi connectivity index (χ0v) is 10.3. The number of hydrogen-bond acceptors (Lipinski definition) is 3. The van der Waals surface area contributed by atoms with Crippen LogP contribution in [-0.2, 0) is 4.79 Å². The molecule has 0 heterocycles. The fourth-order valence-electron chi connectivity index (χ4n) is 1.02. The molecular formula is C11H24N2O2. The van der Waals surface area contributed by atoms with Crippen molar-refractivity contribution in [1.82, 2.24) is 10.6 Å². The van der Waals surface area contributed by atoms with E-state index in [4.69, 9.17) is 0 Å². The second-order valence-corrected chi connectivity index (χ2v) is 4.79. The van der Waals surface area contributed by atoms with E-state index in [-0.39, 0.29) is 11.4 Å². The summed E-state index contributed by atoms with van der Waals surface area (Å²) in [4.78, 5) is 11.3. The van der Waals surface area contributed by atoms with Crippen LogP contribution in [0.2, 0.25) is 0 Å². The third kappa shape index (κ3) is 9.69. The molecule has 0 radical (unpaired) electrons. The number of amides is 1. The summed E-state index contributed by atoms with van der Waals surface area (Å²) < 4.78 is 0. The van der Waals surface area contributed by atoms with E-state index in [9.17, 15) is 9.90 Å². The summed E-state index contributed by atoms with van der Waals surface area (Å²) in [6.07, 6.45) is 0.693. The Hall–Kier alpha value is -0.610. The van der Waals surface area contributed by atoms with Crippen molar-refractivity contribution in [2.75, 3.05) is 13.1 Å². The molecule has 1 unspecified atom stereocenters. The number of aliphatic hydroxyl groups excluding tert-OH is 1. The number of carbonyl (C=O) groups is 1. The molecule has 0 aliphatic heterocycles. The second kappa shape index (κ2) is 6.80. The van der Waals surface area contributed by atoms with Crippen LogP contribution < -0.4 is 10.6 Å². The van der Waals surface area contributed by atoms with Gasteiger partial charge in [0.05, 0.1) is 6.10 Å². The summed E-state index contributed by atoms with van der Waals surface area (Å²) in [6, 6.07) is 0. The lowest BCUT2D eigenvalue weighted by atomic mass is 10.1. The average Bonchev–Trinajstić information content (AvgIpc) is 2.12. The lowest BCUT2D eigenvalue weighted by Gasteiger charge is -2.20. The Labute approximate surface area is 92.4 Å². The van der Waals surface area contributed by atoms with Crippen molar-refractivity contribution in [3.05, 3.63) is 0 Å². The highest BCUT2D eigenvalue weighted by molar-refractivity contribution is 5.76. The first kappa shape index (κ1) is 14.4. The van der Waals surface area contributed by atoms with Gasteiger partial charge in [-0.15, -0.1) is 0 Å². The van der Waals surface area contributed by atoms with Gasteiger partial charge in [-0.2, -0.15) is 0 Å². The van der Waals surface area contributed by atoms with Gasteiger partial charge < -0.3 is 15.7 Å². The SMILES string of the molecule is CCC(O)CNC(=O)CCNC(C)(C)C. The first-order chi connectivity index (χ1) is 6.85. The molecule has 0 saturated carbocycles. The van der Waals surface area contributed by atoms with Crippen molar-refractivity contribution < 1.29 is 9.90 Å². The summed E-state index contributed by atoms with van der Waals surface area (Å²) >= 11 is 0. The van der Waals surface area contributed by atoms with Crippen LogP contribution in [0.15, 0.2) is 0 Å². The van der Waals surface area contributed by atoms with Gasteiger partial charge in [-0.25, -0.2) is 0 Å². The van der Waals surface area contributed by atoms with Crippen LogP contribution >= 0.6 is 0 Å². The number of rotatable bonds is 6. The Balaban J connectivity index is 3.50. The summed E-state index contributed by atoms with van der Waals surface area (Å²) in [7, 11) is 0. The highest BCUT2D eigenvalue weighted by Gasteiger charge is 2.09. The number of carbonyl (C=O) groups excluding carboxylic acids is 1. The molecular weight excluding hydrogens is 192 g/mol. The largest absolute Gasteiger partial charge is 0.391 e. The fraction of sp³-hybridized carbons (Fsp3) is 0.909. The fourth-order valence-corrected chi connectivity index (χ4v) is 1.02. The molecule has 0 saturated heterocycles. The minimum atomic E-state index is -0.426. The Kier molecular flexibility index (Phi) is 6.52. The highest BCUT2D eigenvalue weighted by Crippen LogP contribution is 1.97. The van der Waals surface area contributed by atoms with Gasteiger partial charge in [-0.1, -0.05) is 6.92 Å². The minimum Gasteiger partial charge on any atom is -0.391 e. The standard InChI is InChI=1S/C11H24N2O2/c1-5-9(14)8-12-10(15)6-7-13-11(2,3)4/h9,13-14H,5-8H2,1-4H3,(H,12,15). The van der Waals surface area contributed by atoms with Crippen LogP contribution in [0.5, 0.6) is 0 Å². The molecule has 0 rings (SSSR count). The molecule has 0 aromatic rings. The van der Waals surface area contributed by atoms with E-state index in [0.29, 0.717) is 25.9 Å². The summed E-state index contributed by atoms with van der Waals surface area (Å²) in [5.41, 5.74) is 0.0449. The topological polar surface area (TPSA) is 61.4 Å². The molecule has 4 heteroatoms. The third-order valence-electron chi connectivity index (χ3n) is 2.01. The average molecular weight is 216 g/mol. The lowest BCUT2D eigenvalue weighted by molar-refractivity contribution is -0.121. The molecule has 15 heavy (non-hydrogen) atoms. The molecule has 1 amide bonds. The van der Waals surface area contributed by atoms with Crippen LogP contribution in [0.4, 0.5) is 0 Å². The third-order valence-corrected chi connectivity index (χ3v) is 2.01. The van der Waals surface area contributed by atoms with Crippen molar-refractivity contribution >= 4 is 5.91 Å². The highest BCUT2D eigenvalue weighted by atomic mass is 16.3.